The van der Waals surface area contributed by atoms with Crippen LogP contribution in [0.25, 0.3) is 0 Å². The summed E-state index contributed by atoms with van der Waals surface area (Å²) in [5.41, 5.74) is 6.43. The molecule has 7 heteroatoms. The quantitative estimate of drug-likeness (QED) is 0.818. The molecule has 0 fully saturated rings. The van der Waals surface area contributed by atoms with E-state index >= 15 is 0 Å². The summed E-state index contributed by atoms with van der Waals surface area (Å²) < 4.78 is 1.81. The summed E-state index contributed by atoms with van der Waals surface area (Å²) in [4.78, 5) is 11.9. The molecule has 3 N–H and O–H groups in total. The number of nitrogens with one attached hydrogen (secondary N) is 1. The van der Waals surface area contributed by atoms with E-state index in [1.807, 2.05) is 7.05 Å². The number of nitrogens with two attached hydrogens (primary N) is 1. The number of aryl methyl sites for hydroxylation is 1. The van der Waals surface area contributed by atoms with Crippen LogP contribution in [-0.2, 0) is 13.5 Å². The number of hydrogen-bond donors (Lipinski definition) is 2. The third-order valence-electron chi connectivity index (χ3n) is 2.74. The van der Waals surface area contributed by atoms with Gasteiger partial charge in [0, 0.05) is 20.0 Å². The lowest BCUT2D eigenvalue weighted by Crippen LogP contribution is -2.27. The van der Waals surface area contributed by atoms with Gasteiger partial charge in [0.1, 0.15) is 12.2 Å². The monoisotopic (exact) mass is 279 g/mol. The number of hydrogen-bond acceptors (Lipinski definition) is 4. The first-order valence-corrected chi connectivity index (χ1v) is 6.12. The zero-order valence-electron chi connectivity index (χ0n) is 10.4. The standard InChI is InChI=1S/C12H14ClN5O/c1-18-7-16-17-10(18)5-6-15-12(19)8-3-2-4-9(13)11(8)14/h2-4,7H,5-6,14H2,1H3,(H,15,19). The smallest absolute Gasteiger partial charge is 0.253 e. The van der Waals surface area contributed by atoms with Crippen LogP contribution in [0.15, 0.2) is 24.5 Å². The van der Waals surface area contributed by atoms with Gasteiger partial charge in [-0.15, -0.1) is 10.2 Å². The van der Waals surface area contributed by atoms with Gasteiger partial charge in [-0.1, -0.05) is 17.7 Å². The highest BCUT2D eigenvalue weighted by Gasteiger charge is 2.11. The number of carbonyl (C=O) groups excluding carboxylic acids is 1. The molecule has 0 aliphatic carbocycles. The molecule has 0 saturated heterocycles. The van der Waals surface area contributed by atoms with E-state index in [1.54, 1.807) is 29.1 Å². The minimum Gasteiger partial charge on any atom is -0.397 e. The molecule has 100 valence electrons. The number of anilines is 1. The van der Waals surface area contributed by atoms with E-state index < -0.39 is 0 Å². The summed E-state index contributed by atoms with van der Waals surface area (Å²) in [5, 5.41) is 10.8. The summed E-state index contributed by atoms with van der Waals surface area (Å²) in [6.07, 6.45) is 2.22. The Morgan fingerprint density at radius 1 is 1.53 bits per heavy atom. The Morgan fingerprint density at radius 3 is 3.00 bits per heavy atom. The largest absolute Gasteiger partial charge is 0.397 e. The summed E-state index contributed by atoms with van der Waals surface area (Å²) in [7, 11) is 1.85. The van der Waals surface area contributed by atoms with Crippen LogP contribution >= 0.6 is 11.6 Å². The molecule has 0 spiro atoms. The minimum atomic E-state index is -0.248. The van der Waals surface area contributed by atoms with Gasteiger partial charge in [0.05, 0.1) is 16.3 Å². The van der Waals surface area contributed by atoms with Crippen LogP contribution < -0.4 is 11.1 Å². The van der Waals surface area contributed by atoms with Crippen molar-refractivity contribution < 1.29 is 4.79 Å². The van der Waals surface area contributed by atoms with Crippen LogP contribution in [0.2, 0.25) is 5.02 Å². The molecule has 1 aromatic heterocycles. The van der Waals surface area contributed by atoms with E-state index in [9.17, 15) is 4.79 Å². The first kappa shape index (κ1) is 13.4. The number of rotatable bonds is 4. The fourth-order valence-corrected chi connectivity index (χ4v) is 1.83. The first-order valence-electron chi connectivity index (χ1n) is 5.74. The first-order chi connectivity index (χ1) is 9.09. The lowest BCUT2D eigenvalue weighted by Gasteiger charge is -2.08. The van der Waals surface area contributed by atoms with Crippen molar-refractivity contribution in [1.29, 1.82) is 0 Å². The van der Waals surface area contributed by atoms with Crippen LogP contribution in [0.1, 0.15) is 16.2 Å². The minimum absolute atomic E-state index is 0.248. The molecule has 2 rings (SSSR count). The maximum atomic E-state index is 11.9. The van der Waals surface area contributed by atoms with E-state index in [1.165, 1.54) is 0 Å². The van der Waals surface area contributed by atoms with Gasteiger partial charge in [-0.3, -0.25) is 4.79 Å². The number of para-hydroxylation sites is 1. The van der Waals surface area contributed by atoms with Crippen LogP contribution in [0.4, 0.5) is 5.69 Å². The lowest BCUT2D eigenvalue weighted by atomic mass is 10.1. The van der Waals surface area contributed by atoms with Crippen LogP contribution in [0.3, 0.4) is 0 Å². The normalized spacial score (nSPS) is 10.4. The third-order valence-corrected chi connectivity index (χ3v) is 3.07. The molecular formula is C12H14ClN5O. The third kappa shape index (κ3) is 3.03. The number of amides is 1. The molecule has 19 heavy (non-hydrogen) atoms. The molecular weight excluding hydrogens is 266 g/mol. The number of aromatic nitrogens is 3. The molecule has 6 nitrogen and oxygen atoms in total. The second kappa shape index (κ2) is 5.71. The van der Waals surface area contributed by atoms with Crippen molar-refractivity contribution in [2.24, 2.45) is 7.05 Å². The van der Waals surface area contributed by atoms with Crippen molar-refractivity contribution in [2.45, 2.75) is 6.42 Å². The fourth-order valence-electron chi connectivity index (χ4n) is 1.65. The Kier molecular flexibility index (Phi) is 4.01. The van der Waals surface area contributed by atoms with Crippen molar-refractivity contribution in [2.75, 3.05) is 12.3 Å². The Balaban J connectivity index is 1.95. The molecule has 0 saturated carbocycles. The second-order valence-corrected chi connectivity index (χ2v) is 4.47. The van der Waals surface area contributed by atoms with Crippen molar-refractivity contribution in [1.82, 2.24) is 20.1 Å². The van der Waals surface area contributed by atoms with E-state index in [-0.39, 0.29) is 5.91 Å². The SMILES string of the molecule is Cn1cnnc1CCNC(=O)c1cccc(Cl)c1N. The second-order valence-electron chi connectivity index (χ2n) is 4.07. The predicted molar refractivity (Wildman–Crippen MR) is 72.9 cm³/mol. The number of benzene rings is 1. The van der Waals surface area contributed by atoms with E-state index in [0.717, 1.165) is 5.82 Å². The number of halogens is 1. The number of carbonyl (C=O) groups is 1. The highest BCUT2D eigenvalue weighted by molar-refractivity contribution is 6.33. The molecule has 0 aliphatic heterocycles. The van der Waals surface area contributed by atoms with Crippen LogP contribution in [0.5, 0.6) is 0 Å². The Labute approximate surface area is 115 Å². The van der Waals surface area contributed by atoms with Gasteiger partial charge < -0.3 is 15.6 Å². The van der Waals surface area contributed by atoms with Crippen LogP contribution in [-0.4, -0.2) is 27.2 Å². The highest BCUT2D eigenvalue weighted by Crippen LogP contribution is 2.22. The van der Waals surface area contributed by atoms with Crippen molar-refractivity contribution >= 4 is 23.2 Å². The van der Waals surface area contributed by atoms with Crippen molar-refractivity contribution in [3.05, 3.63) is 40.9 Å². The van der Waals surface area contributed by atoms with Gasteiger partial charge in [0.15, 0.2) is 0 Å². The Hall–Kier alpha value is -2.08. The number of nitrogens with zero attached hydrogens (tertiary/aromatic N) is 3. The molecule has 0 unspecified atom stereocenters. The molecule has 1 amide bonds. The van der Waals surface area contributed by atoms with Gasteiger partial charge in [-0.05, 0) is 12.1 Å². The maximum absolute atomic E-state index is 11.9. The van der Waals surface area contributed by atoms with Crippen LogP contribution in [0, 0.1) is 0 Å². The van der Waals surface area contributed by atoms with E-state index in [4.69, 9.17) is 17.3 Å². The number of nitrogen functional groups attached to an aromatic ring is 1. The predicted octanol–water partition coefficient (Wildman–Crippen LogP) is 1.02. The Morgan fingerprint density at radius 2 is 2.32 bits per heavy atom. The molecule has 0 aliphatic rings. The summed E-state index contributed by atoms with van der Waals surface area (Å²) in [6, 6.07) is 4.97. The van der Waals surface area contributed by atoms with E-state index in [0.29, 0.717) is 29.2 Å². The molecule has 0 bridgehead atoms. The summed E-state index contributed by atoms with van der Waals surface area (Å²) >= 11 is 5.87. The van der Waals surface area contributed by atoms with Gasteiger partial charge >= 0.3 is 0 Å². The lowest BCUT2D eigenvalue weighted by molar-refractivity contribution is 0.0955. The molecule has 0 radical (unpaired) electrons. The van der Waals surface area contributed by atoms with Crippen molar-refractivity contribution in [3.8, 4) is 0 Å². The zero-order valence-corrected chi connectivity index (χ0v) is 11.2. The maximum Gasteiger partial charge on any atom is 0.253 e. The van der Waals surface area contributed by atoms with Gasteiger partial charge in [-0.2, -0.15) is 0 Å². The van der Waals surface area contributed by atoms with E-state index in [2.05, 4.69) is 15.5 Å². The molecule has 1 heterocycles. The van der Waals surface area contributed by atoms with Gasteiger partial charge in [-0.25, -0.2) is 0 Å². The molecule has 1 aromatic carbocycles. The highest BCUT2D eigenvalue weighted by atomic mass is 35.5. The van der Waals surface area contributed by atoms with Gasteiger partial charge in [0.2, 0.25) is 0 Å². The molecule has 2 aromatic rings. The average molecular weight is 280 g/mol. The molecule has 0 atom stereocenters. The van der Waals surface area contributed by atoms with Gasteiger partial charge in [0.25, 0.3) is 5.91 Å². The Bertz CT molecular complexity index is 596. The average Bonchev–Trinajstić information content (AvgIpc) is 2.78. The summed E-state index contributed by atoms with van der Waals surface area (Å²) in [5.74, 6) is 0.557. The fraction of sp³-hybridized carbons (Fsp3) is 0.250. The zero-order chi connectivity index (χ0) is 13.8. The van der Waals surface area contributed by atoms with Crippen molar-refractivity contribution in [3.63, 3.8) is 0 Å². The summed E-state index contributed by atoms with van der Waals surface area (Å²) in [6.45, 7) is 0.456. The topological polar surface area (TPSA) is 85.8 Å².